The summed E-state index contributed by atoms with van der Waals surface area (Å²) in [6, 6.07) is 13.6. The lowest BCUT2D eigenvalue weighted by Gasteiger charge is -2.03. The Morgan fingerprint density at radius 3 is 2.48 bits per heavy atom. The summed E-state index contributed by atoms with van der Waals surface area (Å²) in [7, 11) is 1.57. The standard InChI is InChI=1S/C19H17BrN4O3/c1-12-17(18(25)24(23-12)15-7-3-13(20)4-8-15)11-21-19(26)22-14-5-9-16(27-2)10-6-14/h3-11,23H,1-2H3,(H,22,26)/b21-11+. The van der Waals surface area contributed by atoms with E-state index in [2.05, 4.69) is 31.3 Å². The molecule has 2 N–H and O–H groups in total. The molecule has 0 spiro atoms. The number of H-pyrrole nitrogens is 1. The summed E-state index contributed by atoms with van der Waals surface area (Å²) in [4.78, 5) is 28.4. The number of hydrogen-bond acceptors (Lipinski definition) is 3. The molecule has 0 aliphatic carbocycles. The van der Waals surface area contributed by atoms with E-state index < -0.39 is 6.03 Å². The average molecular weight is 429 g/mol. The summed E-state index contributed by atoms with van der Waals surface area (Å²) in [5, 5.41) is 5.62. The van der Waals surface area contributed by atoms with Crippen molar-refractivity contribution in [2.75, 3.05) is 12.4 Å². The average Bonchev–Trinajstić information content (AvgIpc) is 2.95. The number of anilines is 1. The Kier molecular flexibility index (Phi) is 5.56. The van der Waals surface area contributed by atoms with Crippen molar-refractivity contribution in [3.8, 4) is 11.4 Å². The van der Waals surface area contributed by atoms with Gasteiger partial charge >= 0.3 is 6.03 Å². The second kappa shape index (κ2) is 8.05. The number of aliphatic imine (C=N–C) groups is 1. The molecular formula is C19H17BrN4O3. The third-order valence-electron chi connectivity index (χ3n) is 3.85. The number of benzene rings is 2. The number of ether oxygens (including phenoxy) is 1. The molecule has 3 aromatic rings. The third-order valence-corrected chi connectivity index (χ3v) is 4.38. The highest BCUT2D eigenvalue weighted by molar-refractivity contribution is 9.10. The number of methoxy groups -OCH3 is 1. The monoisotopic (exact) mass is 428 g/mol. The van der Waals surface area contributed by atoms with Gasteiger partial charge in [0, 0.05) is 22.1 Å². The molecule has 7 nitrogen and oxygen atoms in total. The van der Waals surface area contributed by atoms with Crippen LogP contribution in [0.5, 0.6) is 5.75 Å². The van der Waals surface area contributed by atoms with Crippen LogP contribution in [-0.4, -0.2) is 29.1 Å². The number of aromatic amines is 1. The van der Waals surface area contributed by atoms with Gasteiger partial charge in [-0.15, -0.1) is 0 Å². The number of nitrogens with zero attached hydrogens (tertiary/aromatic N) is 2. The number of rotatable bonds is 4. The number of hydrogen-bond donors (Lipinski definition) is 2. The van der Waals surface area contributed by atoms with Gasteiger partial charge in [-0.1, -0.05) is 15.9 Å². The normalized spacial score (nSPS) is 10.9. The molecule has 0 bridgehead atoms. The SMILES string of the molecule is COc1ccc(NC(=O)/N=C/c2c(C)[nH]n(-c3ccc(Br)cc3)c2=O)cc1. The molecule has 2 aromatic carbocycles. The molecule has 0 saturated carbocycles. The number of carbonyl (C=O) groups excluding carboxylic acids is 1. The third kappa shape index (κ3) is 4.35. The van der Waals surface area contributed by atoms with Gasteiger partial charge in [0.15, 0.2) is 0 Å². The second-order valence-corrected chi connectivity index (χ2v) is 6.60. The first-order chi connectivity index (χ1) is 13.0. The fourth-order valence-corrected chi connectivity index (χ4v) is 2.70. The van der Waals surface area contributed by atoms with E-state index in [9.17, 15) is 9.59 Å². The number of aryl methyl sites for hydroxylation is 1. The molecule has 8 heteroatoms. The van der Waals surface area contributed by atoms with E-state index in [-0.39, 0.29) is 5.56 Å². The Bertz CT molecular complexity index is 1030. The van der Waals surface area contributed by atoms with Gasteiger partial charge in [-0.2, -0.15) is 0 Å². The van der Waals surface area contributed by atoms with Crippen LogP contribution < -0.4 is 15.6 Å². The fraction of sp³-hybridized carbons (Fsp3) is 0.105. The van der Waals surface area contributed by atoms with Crippen molar-refractivity contribution in [2.45, 2.75) is 6.92 Å². The van der Waals surface area contributed by atoms with Crippen LogP contribution in [0, 0.1) is 6.92 Å². The van der Waals surface area contributed by atoms with Gasteiger partial charge in [0.05, 0.1) is 18.4 Å². The molecule has 3 rings (SSSR count). The predicted octanol–water partition coefficient (Wildman–Crippen LogP) is 3.90. The van der Waals surface area contributed by atoms with E-state index >= 15 is 0 Å². The van der Waals surface area contributed by atoms with Gasteiger partial charge in [0.2, 0.25) is 0 Å². The molecule has 0 radical (unpaired) electrons. The molecule has 138 valence electrons. The van der Waals surface area contributed by atoms with E-state index in [4.69, 9.17) is 4.74 Å². The van der Waals surface area contributed by atoms with Crippen molar-refractivity contribution < 1.29 is 9.53 Å². The van der Waals surface area contributed by atoms with Crippen molar-refractivity contribution in [3.05, 3.63) is 74.6 Å². The van der Waals surface area contributed by atoms with Crippen LogP contribution in [0.1, 0.15) is 11.3 Å². The Hall–Kier alpha value is -3.13. The zero-order valence-corrected chi connectivity index (χ0v) is 16.3. The molecule has 0 aliphatic heterocycles. The zero-order valence-electron chi connectivity index (χ0n) is 14.7. The predicted molar refractivity (Wildman–Crippen MR) is 108 cm³/mol. The summed E-state index contributed by atoms with van der Waals surface area (Å²) in [6.07, 6.45) is 1.27. The Morgan fingerprint density at radius 1 is 1.19 bits per heavy atom. The van der Waals surface area contributed by atoms with Crippen LogP contribution >= 0.6 is 15.9 Å². The first-order valence-corrected chi connectivity index (χ1v) is 8.84. The van der Waals surface area contributed by atoms with E-state index in [0.717, 1.165) is 4.47 Å². The Morgan fingerprint density at radius 2 is 1.85 bits per heavy atom. The molecule has 0 unspecified atom stereocenters. The van der Waals surface area contributed by atoms with Gasteiger partial charge < -0.3 is 10.1 Å². The Labute approximate surface area is 163 Å². The minimum Gasteiger partial charge on any atom is -0.497 e. The maximum absolute atomic E-state index is 12.6. The maximum atomic E-state index is 12.6. The van der Waals surface area contributed by atoms with Crippen LogP contribution in [0.25, 0.3) is 5.69 Å². The van der Waals surface area contributed by atoms with Gasteiger partial charge in [-0.3, -0.25) is 9.89 Å². The maximum Gasteiger partial charge on any atom is 0.345 e. The van der Waals surface area contributed by atoms with Crippen LogP contribution in [0.4, 0.5) is 10.5 Å². The highest BCUT2D eigenvalue weighted by Crippen LogP contribution is 2.15. The minimum absolute atomic E-state index is 0.282. The van der Waals surface area contributed by atoms with E-state index in [1.54, 1.807) is 50.4 Å². The summed E-state index contributed by atoms with van der Waals surface area (Å²) in [5.74, 6) is 0.688. The zero-order chi connectivity index (χ0) is 19.4. The molecule has 1 aromatic heterocycles. The van der Waals surface area contributed by atoms with Crippen molar-refractivity contribution in [1.82, 2.24) is 9.78 Å². The quantitative estimate of drug-likeness (QED) is 0.617. The lowest BCUT2D eigenvalue weighted by molar-refractivity contribution is 0.259. The Balaban J connectivity index is 1.77. The highest BCUT2D eigenvalue weighted by atomic mass is 79.9. The van der Waals surface area contributed by atoms with Crippen molar-refractivity contribution in [3.63, 3.8) is 0 Å². The van der Waals surface area contributed by atoms with E-state index in [1.807, 2.05) is 12.1 Å². The molecule has 0 aliphatic rings. The second-order valence-electron chi connectivity index (χ2n) is 5.68. The molecule has 0 fully saturated rings. The smallest absolute Gasteiger partial charge is 0.345 e. The lowest BCUT2D eigenvalue weighted by atomic mass is 10.3. The number of carbonyl (C=O) groups is 1. The number of amides is 2. The van der Waals surface area contributed by atoms with Crippen LogP contribution in [-0.2, 0) is 0 Å². The number of nitrogens with one attached hydrogen (secondary N) is 2. The van der Waals surface area contributed by atoms with Crippen molar-refractivity contribution in [2.24, 2.45) is 4.99 Å². The highest BCUT2D eigenvalue weighted by Gasteiger charge is 2.11. The first-order valence-electron chi connectivity index (χ1n) is 8.04. The molecule has 0 atom stereocenters. The largest absolute Gasteiger partial charge is 0.497 e. The molecule has 1 heterocycles. The van der Waals surface area contributed by atoms with Gasteiger partial charge in [-0.25, -0.2) is 14.5 Å². The van der Waals surface area contributed by atoms with E-state index in [1.165, 1.54) is 10.9 Å². The molecule has 0 saturated heterocycles. The molecule has 27 heavy (non-hydrogen) atoms. The topological polar surface area (TPSA) is 88.5 Å². The van der Waals surface area contributed by atoms with Gasteiger partial charge in [0.1, 0.15) is 5.75 Å². The van der Waals surface area contributed by atoms with Crippen LogP contribution in [0.15, 0.2) is 62.8 Å². The van der Waals surface area contributed by atoms with Crippen LogP contribution in [0.3, 0.4) is 0 Å². The minimum atomic E-state index is -0.574. The van der Waals surface area contributed by atoms with Gasteiger partial charge in [0.25, 0.3) is 5.56 Å². The number of aromatic nitrogens is 2. The van der Waals surface area contributed by atoms with Crippen molar-refractivity contribution in [1.29, 1.82) is 0 Å². The molecular weight excluding hydrogens is 412 g/mol. The van der Waals surface area contributed by atoms with Crippen molar-refractivity contribution >= 4 is 33.9 Å². The summed E-state index contributed by atoms with van der Waals surface area (Å²) >= 11 is 3.36. The summed E-state index contributed by atoms with van der Waals surface area (Å²) < 4.78 is 7.39. The molecule has 2 amide bonds. The number of halogens is 1. The van der Waals surface area contributed by atoms with E-state index in [0.29, 0.717) is 28.4 Å². The fourth-order valence-electron chi connectivity index (χ4n) is 2.44. The lowest BCUT2D eigenvalue weighted by Crippen LogP contribution is -2.17. The van der Waals surface area contributed by atoms with Crippen LogP contribution in [0.2, 0.25) is 0 Å². The number of urea groups is 1. The summed E-state index contributed by atoms with van der Waals surface area (Å²) in [5.41, 5.74) is 1.92. The first kappa shape index (κ1) is 18.7. The summed E-state index contributed by atoms with van der Waals surface area (Å²) in [6.45, 7) is 1.75. The van der Waals surface area contributed by atoms with Gasteiger partial charge in [-0.05, 0) is 55.5 Å².